The van der Waals surface area contributed by atoms with Gasteiger partial charge in [0.05, 0.1) is 5.69 Å². The Kier molecular flexibility index (Phi) is 5.49. The summed E-state index contributed by atoms with van der Waals surface area (Å²) in [4.78, 5) is 5.79. The molecule has 0 bridgehead atoms. The molecule has 0 unspecified atom stereocenters. The number of benzene rings is 1. The lowest BCUT2D eigenvalue weighted by molar-refractivity contribution is 0.197. The number of hydrogen-bond donors (Lipinski definition) is 1. The highest BCUT2D eigenvalue weighted by Crippen LogP contribution is 2.21. The van der Waals surface area contributed by atoms with Gasteiger partial charge in [-0.3, -0.25) is 4.57 Å². The molecule has 0 aliphatic carbocycles. The lowest BCUT2D eigenvalue weighted by Crippen LogP contribution is -2.09. The van der Waals surface area contributed by atoms with Crippen molar-refractivity contribution in [1.82, 2.24) is 9.55 Å². The van der Waals surface area contributed by atoms with E-state index in [0.29, 0.717) is 0 Å². The Bertz CT molecular complexity index is 554. The molecular formula is C15H21N3OS. The Morgan fingerprint density at radius 1 is 1.40 bits per heavy atom. The summed E-state index contributed by atoms with van der Waals surface area (Å²) >= 11 is 1.74. The normalized spacial score (nSPS) is 10.8. The maximum absolute atomic E-state index is 5.06. The molecule has 0 spiro atoms. The molecule has 0 atom stereocenters. The summed E-state index contributed by atoms with van der Waals surface area (Å²) in [6, 6.07) is 8.46. The van der Waals surface area contributed by atoms with Crippen LogP contribution in [0.1, 0.15) is 12.1 Å². The lowest BCUT2D eigenvalue weighted by atomic mass is 10.3. The van der Waals surface area contributed by atoms with Crippen molar-refractivity contribution < 1.29 is 4.74 Å². The first kappa shape index (κ1) is 14.9. The molecule has 4 nitrogen and oxygen atoms in total. The van der Waals surface area contributed by atoms with E-state index in [4.69, 9.17) is 4.74 Å². The largest absolute Gasteiger partial charge is 0.385 e. The number of methoxy groups -OCH3 is 1. The Morgan fingerprint density at radius 3 is 3.00 bits per heavy atom. The van der Waals surface area contributed by atoms with E-state index in [1.807, 2.05) is 6.92 Å². The van der Waals surface area contributed by atoms with Gasteiger partial charge >= 0.3 is 0 Å². The van der Waals surface area contributed by atoms with E-state index in [-0.39, 0.29) is 0 Å². The SMILES string of the molecule is COCCCNc1nc(C)cn1-c1cccc(SC)c1. The van der Waals surface area contributed by atoms with Crippen LogP contribution in [-0.2, 0) is 4.74 Å². The minimum Gasteiger partial charge on any atom is -0.385 e. The van der Waals surface area contributed by atoms with Crippen LogP contribution in [0.5, 0.6) is 0 Å². The third kappa shape index (κ3) is 3.77. The summed E-state index contributed by atoms with van der Waals surface area (Å²) in [7, 11) is 1.72. The molecule has 0 fully saturated rings. The van der Waals surface area contributed by atoms with Gasteiger partial charge in [-0.05, 0) is 37.8 Å². The van der Waals surface area contributed by atoms with Crippen molar-refractivity contribution in [1.29, 1.82) is 0 Å². The number of imidazole rings is 1. The van der Waals surface area contributed by atoms with Crippen LogP contribution in [-0.4, -0.2) is 36.1 Å². The summed E-state index contributed by atoms with van der Waals surface area (Å²) < 4.78 is 7.16. The molecule has 2 aromatic rings. The molecule has 108 valence electrons. The van der Waals surface area contributed by atoms with Crippen molar-refractivity contribution in [3.8, 4) is 5.69 Å². The Balaban J connectivity index is 2.17. The van der Waals surface area contributed by atoms with Crippen LogP contribution >= 0.6 is 11.8 Å². The molecule has 1 heterocycles. The standard InChI is InChI=1S/C15H21N3OS/c1-12-11-18(13-6-4-7-14(10-13)20-3)15(17-12)16-8-5-9-19-2/h4,6-7,10-11H,5,8-9H2,1-3H3,(H,16,17). The number of nitrogens with zero attached hydrogens (tertiary/aromatic N) is 2. The van der Waals surface area contributed by atoms with Gasteiger partial charge in [0.2, 0.25) is 5.95 Å². The molecule has 0 radical (unpaired) electrons. The molecule has 2 rings (SSSR count). The van der Waals surface area contributed by atoms with Crippen LogP contribution in [0.15, 0.2) is 35.4 Å². The highest BCUT2D eigenvalue weighted by molar-refractivity contribution is 7.98. The molecule has 1 aromatic carbocycles. The van der Waals surface area contributed by atoms with Gasteiger partial charge in [0, 0.05) is 37.0 Å². The van der Waals surface area contributed by atoms with Crippen molar-refractivity contribution in [3.63, 3.8) is 0 Å². The molecule has 0 aliphatic rings. The van der Waals surface area contributed by atoms with Gasteiger partial charge < -0.3 is 10.1 Å². The van der Waals surface area contributed by atoms with Crippen LogP contribution < -0.4 is 5.32 Å². The zero-order valence-corrected chi connectivity index (χ0v) is 13.0. The molecule has 1 aromatic heterocycles. The Labute approximate surface area is 124 Å². The van der Waals surface area contributed by atoms with Crippen LogP contribution in [0.25, 0.3) is 5.69 Å². The molecular weight excluding hydrogens is 270 g/mol. The van der Waals surface area contributed by atoms with Gasteiger partial charge in [-0.15, -0.1) is 11.8 Å². The topological polar surface area (TPSA) is 39.1 Å². The summed E-state index contributed by atoms with van der Waals surface area (Å²) in [6.45, 7) is 3.62. The number of aromatic nitrogens is 2. The van der Waals surface area contributed by atoms with Gasteiger partial charge in [0.15, 0.2) is 0 Å². The molecule has 0 saturated heterocycles. The molecule has 0 amide bonds. The quantitative estimate of drug-likeness (QED) is 0.627. The van der Waals surface area contributed by atoms with Gasteiger partial charge in [0.25, 0.3) is 0 Å². The molecule has 0 saturated carbocycles. The van der Waals surface area contributed by atoms with Crippen molar-refractivity contribution >= 4 is 17.7 Å². The van der Waals surface area contributed by atoms with Gasteiger partial charge in [-0.2, -0.15) is 0 Å². The van der Waals surface area contributed by atoms with E-state index < -0.39 is 0 Å². The molecule has 0 aliphatic heterocycles. The smallest absolute Gasteiger partial charge is 0.207 e. The fourth-order valence-electron chi connectivity index (χ4n) is 2.00. The van der Waals surface area contributed by atoms with E-state index in [0.717, 1.165) is 36.9 Å². The molecule has 20 heavy (non-hydrogen) atoms. The predicted molar refractivity (Wildman–Crippen MR) is 85.1 cm³/mol. The van der Waals surface area contributed by atoms with Crippen LogP contribution in [0.4, 0.5) is 5.95 Å². The van der Waals surface area contributed by atoms with E-state index in [1.165, 1.54) is 4.90 Å². The second-order valence-electron chi connectivity index (χ2n) is 4.55. The average Bonchev–Trinajstić information content (AvgIpc) is 2.85. The number of aryl methyl sites for hydroxylation is 1. The summed E-state index contributed by atoms with van der Waals surface area (Å²) in [5.74, 6) is 0.886. The van der Waals surface area contributed by atoms with E-state index in [1.54, 1.807) is 18.9 Å². The highest BCUT2D eigenvalue weighted by atomic mass is 32.2. The zero-order chi connectivity index (χ0) is 14.4. The zero-order valence-electron chi connectivity index (χ0n) is 12.2. The fraction of sp³-hybridized carbons (Fsp3) is 0.400. The second kappa shape index (κ2) is 7.36. The highest BCUT2D eigenvalue weighted by Gasteiger charge is 2.07. The number of thioether (sulfide) groups is 1. The van der Waals surface area contributed by atoms with Gasteiger partial charge in [-0.25, -0.2) is 4.98 Å². The number of ether oxygens (including phenoxy) is 1. The average molecular weight is 291 g/mol. The summed E-state index contributed by atoms with van der Waals surface area (Å²) in [5, 5.41) is 3.37. The summed E-state index contributed by atoms with van der Waals surface area (Å²) in [6.07, 6.45) is 5.10. The number of anilines is 1. The minimum absolute atomic E-state index is 0.759. The van der Waals surface area contributed by atoms with E-state index >= 15 is 0 Å². The number of nitrogens with one attached hydrogen (secondary N) is 1. The van der Waals surface area contributed by atoms with Crippen molar-refractivity contribution in [3.05, 3.63) is 36.2 Å². The molecule has 5 heteroatoms. The van der Waals surface area contributed by atoms with Crippen LogP contribution in [0, 0.1) is 6.92 Å². The summed E-state index contributed by atoms with van der Waals surface area (Å²) in [5.41, 5.74) is 2.14. The first-order valence-corrected chi connectivity index (χ1v) is 7.90. The third-order valence-corrected chi connectivity index (χ3v) is 3.69. The Hall–Kier alpha value is -1.46. The first-order valence-electron chi connectivity index (χ1n) is 6.68. The second-order valence-corrected chi connectivity index (χ2v) is 5.43. The van der Waals surface area contributed by atoms with E-state index in [2.05, 4.69) is 51.6 Å². The fourth-order valence-corrected chi connectivity index (χ4v) is 2.45. The first-order chi connectivity index (χ1) is 9.74. The minimum atomic E-state index is 0.759. The van der Waals surface area contributed by atoms with Crippen LogP contribution in [0.3, 0.4) is 0 Å². The molecule has 1 N–H and O–H groups in total. The van der Waals surface area contributed by atoms with Gasteiger partial charge in [-0.1, -0.05) is 6.07 Å². The predicted octanol–water partition coefficient (Wildman–Crippen LogP) is 3.35. The van der Waals surface area contributed by atoms with Crippen molar-refractivity contribution in [2.24, 2.45) is 0 Å². The lowest BCUT2D eigenvalue weighted by Gasteiger charge is -2.10. The van der Waals surface area contributed by atoms with Crippen molar-refractivity contribution in [2.75, 3.05) is 31.8 Å². The van der Waals surface area contributed by atoms with Crippen molar-refractivity contribution in [2.45, 2.75) is 18.2 Å². The maximum atomic E-state index is 5.06. The number of rotatable bonds is 7. The maximum Gasteiger partial charge on any atom is 0.207 e. The third-order valence-electron chi connectivity index (χ3n) is 2.97. The number of hydrogen-bond acceptors (Lipinski definition) is 4. The van der Waals surface area contributed by atoms with E-state index in [9.17, 15) is 0 Å². The Morgan fingerprint density at radius 2 is 2.25 bits per heavy atom. The van der Waals surface area contributed by atoms with Gasteiger partial charge in [0.1, 0.15) is 0 Å². The van der Waals surface area contributed by atoms with Crippen LogP contribution in [0.2, 0.25) is 0 Å². The monoisotopic (exact) mass is 291 g/mol.